The smallest absolute Gasteiger partial charge is 0.273 e. The fourth-order valence-corrected chi connectivity index (χ4v) is 5.32. The Morgan fingerprint density at radius 3 is 2.68 bits per heavy atom. The fourth-order valence-electron chi connectivity index (χ4n) is 4.51. The lowest BCUT2D eigenvalue weighted by Gasteiger charge is -2.36. The molecule has 0 aliphatic carbocycles. The van der Waals surface area contributed by atoms with E-state index in [2.05, 4.69) is 28.6 Å². The molecule has 1 amide bonds. The molecule has 0 aromatic carbocycles. The van der Waals surface area contributed by atoms with Crippen molar-refractivity contribution >= 4 is 17.2 Å². The van der Waals surface area contributed by atoms with Gasteiger partial charge in [-0.3, -0.25) is 9.69 Å². The number of rotatable bonds is 3. The maximum absolute atomic E-state index is 13.1. The van der Waals surface area contributed by atoms with Crippen LogP contribution in [0.4, 0.5) is 0 Å². The molecule has 4 saturated heterocycles. The number of amides is 1. The lowest BCUT2D eigenvalue weighted by molar-refractivity contribution is 0.0304. The molecule has 0 spiro atoms. The standard InChI is InChI=1S/C19H29N3O2S/c1-13(2)18-20-17(12-25-18)19(23)22-10-14-3-4-16(22)11-21(9-14)15-5-7-24-8-6-15/h12-16H,3-11H2,1-2H3/t14-,16+/m1/s1. The first-order chi connectivity index (χ1) is 12.1. The van der Waals surface area contributed by atoms with Gasteiger partial charge >= 0.3 is 0 Å². The average molecular weight is 364 g/mol. The Labute approximate surface area is 154 Å². The van der Waals surface area contributed by atoms with Crippen LogP contribution in [0.3, 0.4) is 0 Å². The van der Waals surface area contributed by atoms with Gasteiger partial charge in [0, 0.05) is 56.2 Å². The third kappa shape index (κ3) is 3.62. The van der Waals surface area contributed by atoms with E-state index in [1.54, 1.807) is 11.3 Å². The second kappa shape index (κ2) is 7.33. The molecule has 5 nitrogen and oxygen atoms in total. The number of nitrogens with zero attached hydrogens (tertiary/aromatic N) is 3. The molecule has 1 aromatic heterocycles. The molecule has 2 atom stereocenters. The van der Waals surface area contributed by atoms with Crippen LogP contribution in [-0.4, -0.2) is 65.6 Å². The highest BCUT2D eigenvalue weighted by atomic mass is 32.1. The lowest BCUT2D eigenvalue weighted by atomic mass is 9.94. The van der Waals surface area contributed by atoms with E-state index in [9.17, 15) is 4.79 Å². The topological polar surface area (TPSA) is 45.7 Å². The van der Waals surface area contributed by atoms with E-state index in [0.29, 0.717) is 29.6 Å². The summed E-state index contributed by atoms with van der Waals surface area (Å²) in [5.74, 6) is 1.14. The molecule has 0 saturated carbocycles. The van der Waals surface area contributed by atoms with Crippen molar-refractivity contribution in [3.8, 4) is 0 Å². The first-order valence-corrected chi connectivity index (χ1v) is 10.6. The predicted molar refractivity (Wildman–Crippen MR) is 99.2 cm³/mol. The van der Waals surface area contributed by atoms with Gasteiger partial charge in [0.1, 0.15) is 5.69 Å². The molecule has 4 aliphatic heterocycles. The van der Waals surface area contributed by atoms with Crippen LogP contribution >= 0.6 is 11.3 Å². The highest BCUT2D eigenvalue weighted by Gasteiger charge is 2.40. The Hall–Kier alpha value is -0.980. The van der Waals surface area contributed by atoms with Crippen molar-refractivity contribution in [1.29, 1.82) is 0 Å². The minimum absolute atomic E-state index is 0.145. The van der Waals surface area contributed by atoms with Crippen LogP contribution in [0, 0.1) is 5.92 Å². The molecule has 0 N–H and O–H groups in total. The molecule has 6 heteroatoms. The zero-order chi connectivity index (χ0) is 17.4. The van der Waals surface area contributed by atoms with Gasteiger partial charge < -0.3 is 9.64 Å². The zero-order valence-electron chi connectivity index (χ0n) is 15.3. The maximum atomic E-state index is 13.1. The van der Waals surface area contributed by atoms with Crippen LogP contribution < -0.4 is 0 Å². The molecule has 25 heavy (non-hydrogen) atoms. The first-order valence-electron chi connectivity index (χ1n) is 9.70. The number of fused-ring (bicyclic) bond motifs is 4. The summed E-state index contributed by atoms with van der Waals surface area (Å²) in [5, 5.41) is 3.01. The van der Waals surface area contributed by atoms with Crippen molar-refractivity contribution in [3.05, 3.63) is 16.1 Å². The van der Waals surface area contributed by atoms with Gasteiger partial charge in [-0.2, -0.15) is 0 Å². The minimum atomic E-state index is 0.145. The van der Waals surface area contributed by atoms with E-state index in [-0.39, 0.29) is 5.91 Å². The molecule has 5 heterocycles. The summed E-state index contributed by atoms with van der Waals surface area (Å²) < 4.78 is 5.53. The number of piperidine rings is 1. The molecule has 1 aromatic rings. The van der Waals surface area contributed by atoms with Gasteiger partial charge in [0.25, 0.3) is 5.91 Å². The van der Waals surface area contributed by atoms with Crippen molar-refractivity contribution in [2.75, 3.05) is 32.8 Å². The van der Waals surface area contributed by atoms with Crippen molar-refractivity contribution in [3.63, 3.8) is 0 Å². The Kier molecular flexibility index (Phi) is 5.11. The summed E-state index contributed by atoms with van der Waals surface area (Å²) in [5.41, 5.74) is 0.652. The fraction of sp³-hybridized carbons (Fsp3) is 0.789. The Bertz CT molecular complexity index is 612. The normalized spacial score (nSPS) is 28.5. The summed E-state index contributed by atoms with van der Waals surface area (Å²) in [6.45, 7) is 9.09. The third-order valence-corrected chi connectivity index (χ3v) is 7.09. The largest absolute Gasteiger partial charge is 0.381 e. The van der Waals surface area contributed by atoms with Crippen LogP contribution in [0.5, 0.6) is 0 Å². The second-order valence-electron chi connectivity index (χ2n) is 8.08. The average Bonchev–Trinajstić information content (AvgIpc) is 2.95. The van der Waals surface area contributed by atoms with Crippen LogP contribution in [0.25, 0.3) is 0 Å². The van der Waals surface area contributed by atoms with Gasteiger partial charge in [-0.25, -0.2) is 4.98 Å². The Balaban J connectivity index is 1.48. The zero-order valence-corrected chi connectivity index (χ0v) is 16.1. The van der Waals surface area contributed by atoms with Crippen LogP contribution in [0.1, 0.15) is 60.9 Å². The van der Waals surface area contributed by atoms with Crippen LogP contribution in [0.15, 0.2) is 5.38 Å². The van der Waals surface area contributed by atoms with E-state index in [1.807, 2.05) is 5.38 Å². The molecule has 4 fully saturated rings. The number of carbonyl (C=O) groups excluding carboxylic acids is 1. The van der Waals surface area contributed by atoms with Crippen molar-refractivity contribution in [1.82, 2.24) is 14.8 Å². The Morgan fingerprint density at radius 2 is 1.96 bits per heavy atom. The van der Waals surface area contributed by atoms with Crippen molar-refractivity contribution in [2.45, 2.75) is 57.5 Å². The van der Waals surface area contributed by atoms with Gasteiger partial charge in [0.05, 0.1) is 5.01 Å². The van der Waals surface area contributed by atoms with Crippen molar-refractivity contribution < 1.29 is 9.53 Å². The summed E-state index contributed by atoms with van der Waals surface area (Å²) in [4.78, 5) is 22.5. The van der Waals surface area contributed by atoms with E-state index in [0.717, 1.165) is 57.1 Å². The number of ether oxygens (including phenoxy) is 1. The lowest BCUT2D eigenvalue weighted by Crippen LogP contribution is -2.48. The quantitative estimate of drug-likeness (QED) is 0.828. The van der Waals surface area contributed by atoms with Crippen LogP contribution in [0.2, 0.25) is 0 Å². The van der Waals surface area contributed by atoms with Crippen LogP contribution in [-0.2, 0) is 4.74 Å². The Morgan fingerprint density at radius 1 is 1.16 bits per heavy atom. The van der Waals surface area contributed by atoms with Gasteiger partial charge in [-0.05, 0) is 31.6 Å². The number of hydrogen-bond donors (Lipinski definition) is 0. The number of hydrogen-bond acceptors (Lipinski definition) is 5. The van der Waals surface area contributed by atoms with Gasteiger partial charge in [0.15, 0.2) is 0 Å². The van der Waals surface area contributed by atoms with E-state index in [4.69, 9.17) is 4.74 Å². The minimum Gasteiger partial charge on any atom is -0.381 e. The molecule has 0 unspecified atom stereocenters. The molecule has 2 bridgehead atoms. The predicted octanol–water partition coefficient (Wildman–Crippen LogP) is 2.98. The molecular formula is C19H29N3O2S. The summed E-state index contributed by atoms with van der Waals surface area (Å²) in [6.07, 6.45) is 4.66. The van der Waals surface area contributed by atoms with Crippen molar-refractivity contribution in [2.24, 2.45) is 5.92 Å². The van der Waals surface area contributed by atoms with Gasteiger partial charge in [0.2, 0.25) is 0 Å². The SMILES string of the molecule is CC(C)c1nc(C(=O)N2C[C@@H]3CC[C@H]2CN(C2CCOCC2)C3)cs1. The number of thiazole rings is 1. The maximum Gasteiger partial charge on any atom is 0.273 e. The summed E-state index contributed by atoms with van der Waals surface area (Å²) in [7, 11) is 0. The van der Waals surface area contributed by atoms with E-state index in [1.165, 1.54) is 6.42 Å². The van der Waals surface area contributed by atoms with Gasteiger partial charge in [-0.1, -0.05) is 13.8 Å². The first kappa shape index (κ1) is 17.4. The van der Waals surface area contributed by atoms with Gasteiger partial charge in [-0.15, -0.1) is 11.3 Å². The number of carbonyl (C=O) groups is 1. The monoisotopic (exact) mass is 363 g/mol. The van der Waals surface area contributed by atoms with E-state index >= 15 is 0 Å². The molecule has 4 aliphatic rings. The van der Waals surface area contributed by atoms with E-state index < -0.39 is 0 Å². The summed E-state index contributed by atoms with van der Waals surface area (Å²) >= 11 is 1.62. The molecule has 138 valence electrons. The molecule has 0 radical (unpaired) electrons. The number of aromatic nitrogens is 1. The highest BCUT2D eigenvalue weighted by molar-refractivity contribution is 7.09. The summed E-state index contributed by atoms with van der Waals surface area (Å²) in [6, 6.07) is 0.983. The highest BCUT2D eigenvalue weighted by Crippen LogP contribution is 2.32. The molecule has 5 rings (SSSR count). The third-order valence-electron chi connectivity index (χ3n) is 5.94. The molecular weight excluding hydrogens is 334 g/mol. The second-order valence-corrected chi connectivity index (χ2v) is 8.97.